The molecule has 0 amide bonds. The molecule has 0 aliphatic heterocycles. The second-order valence-corrected chi connectivity index (χ2v) is 5.14. The summed E-state index contributed by atoms with van der Waals surface area (Å²) in [6.45, 7) is 3.62. The van der Waals surface area contributed by atoms with E-state index in [2.05, 4.69) is 0 Å². The second-order valence-electron chi connectivity index (χ2n) is 5.14. The third-order valence-corrected chi connectivity index (χ3v) is 3.18. The largest absolute Gasteiger partial charge is 0.497 e. The summed E-state index contributed by atoms with van der Waals surface area (Å²) >= 11 is 0. The van der Waals surface area contributed by atoms with Crippen LogP contribution in [0.4, 0.5) is 0 Å². The van der Waals surface area contributed by atoms with Crippen LogP contribution in [0.25, 0.3) is 5.57 Å². The lowest BCUT2D eigenvalue weighted by molar-refractivity contribution is -0.127. The van der Waals surface area contributed by atoms with Crippen LogP contribution in [0.15, 0.2) is 30.3 Å². The van der Waals surface area contributed by atoms with E-state index >= 15 is 0 Å². The Morgan fingerprint density at radius 1 is 1.11 bits per heavy atom. The van der Waals surface area contributed by atoms with Crippen molar-refractivity contribution in [2.75, 3.05) is 7.11 Å². The van der Waals surface area contributed by atoms with Crippen LogP contribution < -0.4 is 4.74 Å². The molecule has 1 aromatic carbocycles. The van der Waals surface area contributed by atoms with Gasteiger partial charge in [-0.05, 0) is 23.8 Å². The highest BCUT2D eigenvalue weighted by Gasteiger charge is 2.36. The first kappa shape index (κ1) is 12.6. The molecule has 0 bridgehead atoms. The van der Waals surface area contributed by atoms with E-state index in [1.54, 1.807) is 31.4 Å². The number of rotatable bonds is 2. The van der Waals surface area contributed by atoms with Gasteiger partial charge in [-0.15, -0.1) is 0 Å². The monoisotopic (exact) mass is 244 g/mol. The van der Waals surface area contributed by atoms with Crippen LogP contribution in [0.2, 0.25) is 0 Å². The van der Waals surface area contributed by atoms with Crippen LogP contribution in [0.3, 0.4) is 0 Å². The SMILES string of the molecule is COc1ccc(C2=CC(=O)CC(C)(C)C2=O)cc1. The Kier molecular flexibility index (Phi) is 3.07. The number of methoxy groups -OCH3 is 1. The Labute approximate surface area is 106 Å². The molecule has 0 fully saturated rings. The number of hydrogen-bond acceptors (Lipinski definition) is 3. The van der Waals surface area contributed by atoms with Crippen molar-refractivity contribution in [3.63, 3.8) is 0 Å². The zero-order chi connectivity index (χ0) is 13.3. The minimum Gasteiger partial charge on any atom is -0.497 e. The van der Waals surface area contributed by atoms with Gasteiger partial charge in [-0.2, -0.15) is 0 Å². The fourth-order valence-corrected chi connectivity index (χ4v) is 2.14. The molecule has 0 unspecified atom stereocenters. The lowest BCUT2D eigenvalue weighted by Gasteiger charge is -2.27. The molecule has 0 saturated heterocycles. The molecule has 1 aromatic rings. The number of Topliss-reactive ketones (excluding diaryl/α,β-unsaturated/α-hetero) is 1. The molecule has 3 heteroatoms. The predicted octanol–water partition coefficient (Wildman–Crippen LogP) is 2.65. The first-order valence-corrected chi connectivity index (χ1v) is 5.88. The van der Waals surface area contributed by atoms with Gasteiger partial charge >= 0.3 is 0 Å². The van der Waals surface area contributed by atoms with Gasteiger partial charge in [0.25, 0.3) is 0 Å². The van der Waals surface area contributed by atoms with E-state index in [1.807, 2.05) is 13.8 Å². The van der Waals surface area contributed by atoms with E-state index in [-0.39, 0.29) is 18.0 Å². The van der Waals surface area contributed by atoms with Gasteiger partial charge in [-0.25, -0.2) is 0 Å². The molecule has 18 heavy (non-hydrogen) atoms. The Balaban J connectivity index is 2.42. The smallest absolute Gasteiger partial charge is 0.169 e. The summed E-state index contributed by atoms with van der Waals surface area (Å²) in [5.74, 6) is 0.755. The standard InChI is InChI=1S/C15H16O3/c1-15(2)9-11(16)8-13(14(15)17)10-4-6-12(18-3)7-5-10/h4-8H,9H2,1-3H3. The van der Waals surface area contributed by atoms with Crippen LogP contribution in [0, 0.1) is 5.41 Å². The van der Waals surface area contributed by atoms with E-state index < -0.39 is 5.41 Å². The summed E-state index contributed by atoms with van der Waals surface area (Å²) in [5.41, 5.74) is 0.655. The van der Waals surface area contributed by atoms with Gasteiger partial charge in [0, 0.05) is 17.4 Å². The fraction of sp³-hybridized carbons (Fsp3) is 0.333. The Morgan fingerprint density at radius 2 is 1.72 bits per heavy atom. The van der Waals surface area contributed by atoms with Crippen molar-refractivity contribution in [2.24, 2.45) is 5.41 Å². The summed E-state index contributed by atoms with van der Waals surface area (Å²) in [4.78, 5) is 24.0. The number of ether oxygens (including phenoxy) is 1. The van der Waals surface area contributed by atoms with Gasteiger partial charge in [0.1, 0.15) is 5.75 Å². The van der Waals surface area contributed by atoms with Crippen LogP contribution >= 0.6 is 0 Å². The molecule has 0 N–H and O–H groups in total. The van der Waals surface area contributed by atoms with E-state index in [0.717, 1.165) is 11.3 Å². The minimum atomic E-state index is -0.610. The van der Waals surface area contributed by atoms with E-state index in [0.29, 0.717) is 5.57 Å². The van der Waals surface area contributed by atoms with Crippen molar-refractivity contribution in [1.29, 1.82) is 0 Å². The average molecular weight is 244 g/mol. The quantitative estimate of drug-likeness (QED) is 0.803. The topological polar surface area (TPSA) is 43.4 Å². The van der Waals surface area contributed by atoms with Gasteiger partial charge in [0.2, 0.25) is 0 Å². The zero-order valence-electron chi connectivity index (χ0n) is 10.8. The molecule has 1 aliphatic rings. The number of benzene rings is 1. The van der Waals surface area contributed by atoms with Crippen molar-refractivity contribution in [1.82, 2.24) is 0 Å². The van der Waals surface area contributed by atoms with Crippen molar-refractivity contribution in [3.05, 3.63) is 35.9 Å². The Morgan fingerprint density at radius 3 is 2.28 bits per heavy atom. The maximum absolute atomic E-state index is 12.3. The molecule has 1 aliphatic carbocycles. The maximum atomic E-state index is 12.3. The second kappa shape index (κ2) is 4.41. The summed E-state index contributed by atoms with van der Waals surface area (Å²) < 4.78 is 5.07. The molecule has 0 aromatic heterocycles. The van der Waals surface area contributed by atoms with Crippen LogP contribution in [-0.2, 0) is 9.59 Å². The fourth-order valence-electron chi connectivity index (χ4n) is 2.14. The molecule has 3 nitrogen and oxygen atoms in total. The van der Waals surface area contributed by atoms with Gasteiger partial charge in [-0.1, -0.05) is 26.0 Å². The highest BCUT2D eigenvalue weighted by molar-refractivity contribution is 6.30. The van der Waals surface area contributed by atoms with Gasteiger partial charge < -0.3 is 4.74 Å². The molecule has 0 radical (unpaired) electrons. The van der Waals surface area contributed by atoms with Gasteiger partial charge in [0.05, 0.1) is 7.11 Å². The summed E-state index contributed by atoms with van der Waals surface area (Å²) in [6.07, 6.45) is 1.74. The molecule has 0 heterocycles. The first-order valence-electron chi connectivity index (χ1n) is 5.88. The molecular weight excluding hydrogens is 228 g/mol. The number of carbonyl (C=O) groups is 2. The molecule has 0 saturated carbocycles. The highest BCUT2D eigenvalue weighted by Crippen LogP contribution is 2.35. The van der Waals surface area contributed by atoms with E-state index in [4.69, 9.17) is 4.74 Å². The van der Waals surface area contributed by atoms with E-state index in [1.165, 1.54) is 6.08 Å². The van der Waals surface area contributed by atoms with Crippen molar-refractivity contribution >= 4 is 17.1 Å². The van der Waals surface area contributed by atoms with Crippen LogP contribution in [0.5, 0.6) is 5.75 Å². The zero-order valence-corrected chi connectivity index (χ0v) is 10.8. The van der Waals surface area contributed by atoms with Crippen molar-refractivity contribution in [2.45, 2.75) is 20.3 Å². The van der Waals surface area contributed by atoms with Crippen molar-refractivity contribution in [3.8, 4) is 5.75 Å². The average Bonchev–Trinajstić information content (AvgIpc) is 2.33. The summed E-state index contributed by atoms with van der Waals surface area (Å²) in [6, 6.07) is 7.18. The highest BCUT2D eigenvalue weighted by atomic mass is 16.5. The molecule has 94 valence electrons. The lowest BCUT2D eigenvalue weighted by Crippen LogP contribution is -2.31. The normalized spacial score (nSPS) is 18.5. The molecule has 0 spiro atoms. The van der Waals surface area contributed by atoms with Gasteiger partial charge in [-0.3, -0.25) is 9.59 Å². The number of allylic oxidation sites excluding steroid dienone is 2. The summed E-state index contributed by atoms with van der Waals surface area (Å²) in [7, 11) is 1.59. The van der Waals surface area contributed by atoms with Gasteiger partial charge in [0.15, 0.2) is 11.6 Å². The summed E-state index contributed by atoms with van der Waals surface area (Å²) in [5, 5.41) is 0. The predicted molar refractivity (Wildman–Crippen MR) is 69.4 cm³/mol. The molecular formula is C15H16O3. The molecule has 2 rings (SSSR count). The Bertz CT molecular complexity index is 521. The minimum absolute atomic E-state index is 0.00502. The first-order chi connectivity index (χ1) is 8.44. The number of hydrogen-bond donors (Lipinski definition) is 0. The Hall–Kier alpha value is -1.90. The molecule has 0 atom stereocenters. The third kappa shape index (κ3) is 2.21. The maximum Gasteiger partial charge on any atom is 0.169 e. The third-order valence-electron chi connectivity index (χ3n) is 3.18. The number of ketones is 2. The van der Waals surface area contributed by atoms with E-state index in [9.17, 15) is 9.59 Å². The lowest BCUT2D eigenvalue weighted by atomic mass is 9.74. The van der Waals surface area contributed by atoms with Crippen molar-refractivity contribution < 1.29 is 14.3 Å². The van der Waals surface area contributed by atoms with Crippen LogP contribution in [0.1, 0.15) is 25.8 Å². The van der Waals surface area contributed by atoms with Crippen LogP contribution in [-0.4, -0.2) is 18.7 Å². The number of carbonyl (C=O) groups excluding carboxylic acids is 2.